The Morgan fingerprint density at radius 2 is 1.65 bits per heavy atom. The normalized spacial score (nSPS) is 10.9. The highest BCUT2D eigenvalue weighted by atomic mass is 16.5. The average molecular weight is 278 g/mol. The Morgan fingerprint density at radius 1 is 1.10 bits per heavy atom. The van der Waals surface area contributed by atoms with Crippen molar-refractivity contribution in [2.75, 3.05) is 20.8 Å². The summed E-state index contributed by atoms with van der Waals surface area (Å²) in [5, 5.41) is 0. The van der Waals surface area contributed by atoms with E-state index in [9.17, 15) is 9.59 Å². The molecule has 1 rings (SSSR count). The molecule has 0 aromatic heterocycles. The van der Waals surface area contributed by atoms with Crippen molar-refractivity contribution in [3.63, 3.8) is 0 Å². The number of benzene rings is 1. The van der Waals surface area contributed by atoms with E-state index >= 15 is 0 Å². The first-order valence-corrected chi connectivity index (χ1v) is 6.14. The van der Waals surface area contributed by atoms with Gasteiger partial charge in [0.2, 0.25) is 0 Å². The van der Waals surface area contributed by atoms with Crippen LogP contribution in [0, 0.1) is 0 Å². The third-order valence-corrected chi connectivity index (χ3v) is 2.56. The van der Waals surface area contributed by atoms with Crippen LogP contribution in [0.4, 0.5) is 0 Å². The molecule has 1 aromatic carbocycles. The van der Waals surface area contributed by atoms with Crippen LogP contribution in [0.15, 0.2) is 23.8 Å². The minimum Gasteiger partial charge on any atom is -0.497 e. The maximum absolute atomic E-state index is 11.7. The summed E-state index contributed by atoms with van der Waals surface area (Å²) < 4.78 is 15.1. The van der Waals surface area contributed by atoms with Gasteiger partial charge in [0.1, 0.15) is 17.1 Å². The van der Waals surface area contributed by atoms with Crippen LogP contribution in [0.3, 0.4) is 0 Å². The molecule has 0 fully saturated rings. The molecule has 0 aliphatic carbocycles. The summed E-state index contributed by atoms with van der Waals surface area (Å²) >= 11 is 0. The van der Waals surface area contributed by atoms with E-state index < -0.39 is 5.97 Å². The van der Waals surface area contributed by atoms with Crippen molar-refractivity contribution in [2.24, 2.45) is 0 Å². The van der Waals surface area contributed by atoms with E-state index in [1.54, 1.807) is 25.1 Å². The van der Waals surface area contributed by atoms with Crippen LogP contribution in [-0.4, -0.2) is 32.6 Å². The predicted octanol–water partition coefficient (Wildman–Crippen LogP) is 2.24. The van der Waals surface area contributed by atoms with Crippen LogP contribution in [-0.2, 0) is 14.3 Å². The molecule has 0 bridgehead atoms. The van der Waals surface area contributed by atoms with Crippen LogP contribution >= 0.6 is 0 Å². The number of methoxy groups -OCH3 is 2. The smallest absolute Gasteiger partial charge is 0.341 e. The molecular weight excluding hydrogens is 260 g/mol. The second kappa shape index (κ2) is 7.33. The molecule has 1 aromatic rings. The van der Waals surface area contributed by atoms with E-state index in [1.807, 2.05) is 0 Å². The Balaban J connectivity index is 3.22. The summed E-state index contributed by atoms with van der Waals surface area (Å²) in [6, 6.07) is 5.10. The van der Waals surface area contributed by atoms with Gasteiger partial charge in [0.25, 0.3) is 0 Å². The van der Waals surface area contributed by atoms with Gasteiger partial charge in [-0.05, 0) is 37.6 Å². The molecule has 0 amide bonds. The van der Waals surface area contributed by atoms with Gasteiger partial charge in [-0.2, -0.15) is 0 Å². The molecule has 0 radical (unpaired) electrons. The summed E-state index contributed by atoms with van der Waals surface area (Å²) in [7, 11) is 3.05. The summed E-state index contributed by atoms with van der Waals surface area (Å²) in [6.07, 6.45) is 1.46. The Morgan fingerprint density at radius 3 is 2.05 bits per heavy atom. The van der Waals surface area contributed by atoms with Crippen molar-refractivity contribution in [1.82, 2.24) is 0 Å². The first kappa shape index (κ1) is 15.8. The molecule has 20 heavy (non-hydrogen) atoms. The van der Waals surface area contributed by atoms with E-state index in [1.165, 1.54) is 27.2 Å². The lowest BCUT2D eigenvalue weighted by Crippen LogP contribution is -2.13. The Labute approximate surface area is 118 Å². The van der Waals surface area contributed by atoms with Crippen LogP contribution in [0.5, 0.6) is 11.5 Å². The SMILES string of the molecule is CCOC(=O)C(=Cc1cc(OC)cc(OC)c1)C(C)=O. The van der Waals surface area contributed by atoms with Crippen molar-refractivity contribution in [3.05, 3.63) is 29.3 Å². The largest absolute Gasteiger partial charge is 0.497 e. The summed E-state index contributed by atoms with van der Waals surface area (Å²) in [6.45, 7) is 3.22. The Hall–Kier alpha value is -2.30. The number of ketones is 1. The van der Waals surface area contributed by atoms with Gasteiger partial charge in [0.05, 0.1) is 20.8 Å². The highest BCUT2D eigenvalue weighted by molar-refractivity contribution is 6.19. The summed E-state index contributed by atoms with van der Waals surface area (Å²) in [4.78, 5) is 23.3. The number of rotatable bonds is 6. The fourth-order valence-corrected chi connectivity index (χ4v) is 1.59. The molecule has 0 aliphatic rings. The lowest BCUT2D eigenvalue weighted by atomic mass is 10.1. The van der Waals surface area contributed by atoms with Crippen molar-refractivity contribution in [2.45, 2.75) is 13.8 Å². The van der Waals surface area contributed by atoms with E-state index in [2.05, 4.69) is 0 Å². The number of carbonyl (C=O) groups excluding carboxylic acids is 2. The third kappa shape index (κ3) is 4.12. The molecule has 0 saturated carbocycles. The van der Waals surface area contributed by atoms with Gasteiger partial charge in [0, 0.05) is 6.07 Å². The minimum atomic E-state index is -0.637. The number of hydrogen-bond donors (Lipinski definition) is 0. The van der Waals surface area contributed by atoms with Crippen LogP contribution < -0.4 is 9.47 Å². The molecule has 108 valence electrons. The van der Waals surface area contributed by atoms with Crippen molar-refractivity contribution < 1.29 is 23.8 Å². The van der Waals surface area contributed by atoms with Gasteiger partial charge in [-0.1, -0.05) is 0 Å². The fourth-order valence-electron chi connectivity index (χ4n) is 1.59. The van der Waals surface area contributed by atoms with E-state index in [-0.39, 0.29) is 18.0 Å². The fraction of sp³-hybridized carbons (Fsp3) is 0.333. The zero-order chi connectivity index (χ0) is 15.1. The average Bonchev–Trinajstić information content (AvgIpc) is 2.44. The monoisotopic (exact) mass is 278 g/mol. The number of esters is 1. The summed E-state index contributed by atoms with van der Waals surface area (Å²) in [5.74, 6) is 0.150. The number of Topliss-reactive ketones (excluding diaryl/α,β-unsaturated/α-hetero) is 1. The Kier molecular flexibility index (Phi) is 5.77. The maximum atomic E-state index is 11.7. The number of ether oxygens (including phenoxy) is 3. The third-order valence-electron chi connectivity index (χ3n) is 2.56. The van der Waals surface area contributed by atoms with Crippen LogP contribution in [0.2, 0.25) is 0 Å². The maximum Gasteiger partial charge on any atom is 0.341 e. The highest BCUT2D eigenvalue weighted by Gasteiger charge is 2.16. The summed E-state index contributed by atoms with van der Waals surface area (Å²) in [5.41, 5.74) is 0.613. The standard InChI is InChI=1S/C15H18O5/c1-5-20-15(17)14(10(2)16)8-11-6-12(18-3)9-13(7-11)19-4/h6-9H,5H2,1-4H3. The van der Waals surface area contributed by atoms with Crippen LogP contribution in [0.1, 0.15) is 19.4 Å². The quantitative estimate of drug-likeness (QED) is 0.345. The zero-order valence-corrected chi connectivity index (χ0v) is 12.1. The lowest BCUT2D eigenvalue weighted by Gasteiger charge is -2.07. The molecule has 0 aliphatic heterocycles. The molecule has 0 atom stereocenters. The molecular formula is C15H18O5. The van der Waals surface area contributed by atoms with Gasteiger partial charge in [-0.15, -0.1) is 0 Å². The predicted molar refractivity (Wildman–Crippen MR) is 74.8 cm³/mol. The van der Waals surface area contributed by atoms with Gasteiger partial charge in [0.15, 0.2) is 5.78 Å². The lowest BCUT2D eigenvalue weighted by molar-refractivity contribution is -0.139. The molecule has 0 spiro atoms. The van der Waals surface area contributed by atoms with Gasteiger partial charge < -0.3 is 14.2 Å². The molecule has 5 nitrogen and oxygen atoms in total. The first-order chi connectivity index (χ1) is 9.51. The number of carbonyl (C=O) groups is 2. The van der Waals surface area contributed by atoms with E-state index in [0.29, 0.717) is 17.1 Å². The Bertz CT molecular complexity index is 509. The van der Waals surface area contributed by atoms with Crippen LogP contribution in [0.25, 0.3) is 6.08 Å². The van der Waals surface area contributed by atoms with Gasteiger partial charge >= 0.3 is 5.97 Å². The minimum absolute atomic E-state index is 0.0119. The molecule has 0 saturated heterocycles. The van der Waals surface area contributed by atoms with Gasteiger partial charge in [-0.3, -0.25) is 4.79 Å². The van der Waals surface area contributed by atoms with E-state index in [0.717, 1.165) is 0 Å². The van der Waals surface area contributed by atoms with Crippen molar-refractivity contribution in [3.8, 4) is 11.5 Å². The van der Waals surface area contributed by atoms with E-state index in [4.69, 9.17) is 14.2 Å². The molecule has 5 heteroatoms. The van der Waals surface area contributed by atoms with Crippen molar-refractivity contribution >= 4 is 17.8 Å². The van der Waals surface area contributed by atoms with Crippen molar-refractivity contribution in [1.29, 1.82) is 0 Å². The zero-order valence-electron chi connectivity index (χ0n) is 12.1. The molecule has 0 N–H and O–H groups in total. The number of hydrogen-bond acceptors (Lipinski definition) is 5. The second-order valence-electron chi connectivity index (χ2n) is 3.98. The molecule has 0 heterocycles. The molecule has 0 unspecified atom stereocenters. The van der Waals surface area contributed by atoms with Gasteiger partial charge in [-0.25, -0.2) is 4.79 Å². The second-order valence-corrected chi connectivity index (χ2v) is 3.98. The highest BCUT2D eigenvalue weighted by Crippen LogP contribution is 2.24. The topological polar surface area (TPSA) is 61.8 Å². The first-order valence-electron chi connectivity index (χ1n) is 6.14.